The van der Waals surface area contributed by atoms with Crippen LogP contribution in [0.15, 0.2) is 60.7 Å². The fourth-order valence-electron chi connectivity index (χ4n) is 2.26. The van der Waals surface area contributed by atoms with Crippen molar-refractivity contribution in [1.29, 1.82) is 0 Å². The molecule has 0 aliphatic carbocycles. The van der Waals surface area contributed by atoms with Crippen molar-refractivity contribution in [3.63, 3.8) is 0 Å². The van der Waals surface area contributed by atoms with E-state index in [0.29, 0.717) is 16.5 Å². The van der Waals surface area contributed by atoms with Crippen LogP contribution in [-0.4, -0.2) is 16.4 Å². The van der Waals surface area contributed by atoms with Crippen LogP contribution in [0.4, 0.5) is 4.79 Å². The monoisotopic (exact) mass is 271 g/mol. The first-order valence-corrected chi connectivity index (χ1v) is 6.10. The summed E-state index contributed by atoms with van der Waals surface area (Å²) in [6.45, 7) is 0. The first-order valence-electron chi connectivity index (χ1n) is 6.10. The van der Waals surface area contributed by atoms with Crippen LogP contribution in [0.1, 0.15) is 16.1 Å². The first kappa shape index (κ1) is 15.1. The van der Waals surface area contributed by atoms with Crippen molar-refractivity contribution in [3.05, 3.63) is 71.9 Å². The average molecular weight is 271 g/mol. The van der Waals surface area contributed by atoms with Gasteiger partial charge in [0.1, 0.15) is 6.09 Å². The number of rotatable bonds is 2. The number of aromatic nitrogens is 1. The Balaban J connectivity index is 0.00000161. The zero-order chi connectivity index (χ0) is 14.1. The number of carbonyl (C=O) groups excluding carboxylic acids is 2. The molecule has 0 N–H and O–H groups in total. The van der Waals surface area contributed by atoms with E-state index < -0.39 is 6.09 Å². The summed E-state index contributed by atoms with van der Waals surface area (Å²) in [7, 11) is 0. The molecule has 0 radical (unpaired) electrons. The summed E-state index contributed by atoms with van der Waals surface area (Å²) in [6, 6.07) is 17.1. The number of ketones is 1. The molecule has 1 aromatic heterocycles. The summed E-state index contributed by atoms with van der Waals surface area (Å²) >= 11 is 0. The molecule has 0 bridgehead atoms. The Morgan fingerprint density at radius 2 is 1.52 bits per heavy atom. The molecule has 0 aliphatic heterocycles. The van der Waals surface area contributed by atoms with E-state index >= 15 is 0 Å². The Morgan fingerprint density at radius 3 is 2.19 bits per heavy atom. The molecule has 98 valence electrons. The molecule has 0 atom stereocenters. The average Bonchev–Trinajstić information content (AvgIpc) is 2.86. The molecule has 3 rings (SSSR count). The van der Waals surface area contributed by atoms with Crippen molar-refractivity contribution >= 4 is 22.8 Å². The van der Waals surface area contributed by atoms with Gasteiger partial charge in [-0.2, -0.15) is 0 Å². The maximum atomic E-state index is 12.4. The van der Waals surface area contributed by atoms with E-state index in [2.05, 4.69) is 0 Å². The van der Waals surface area contributed by atoms with Crippen LogP contribution in [0.3, 0.4) is 0 Å². The Kier molecular flexibility index (Phi) is 4.32. The molecular formula is C16H10LiNO3. The molecule has 0 saturated carbocycles. The SMILES string of the molecule is O=C(c1ccccc1)c1cc2ccccc2n1C(=O)[O-].[Li+]. The molecule has 0 fully saturated rings. The van der Waals surface area contributed by atoms with Crippen LogP contribution in [0.2, 0.25) is 0 Å². The Morgan fingerprint density at radius 1 is 0.905 bits per heavy atom. The molecule has 0 spiro atoms. The van der Waals surface area contributed by atoms with Crippen LogP contribution in [0.5, 0.6) is 0 Å². The van der Waals surface area contributed by atoms with Crippen LogP contribution in [0, 0.1) is 0 Å². The van der Waals surface area contributed by atoms with E-state index in [4.69, 9.17) is 0 Å². The van der Waals surface area contributed by atoms with Gasteiger partial charge in [0.05, 0.1) is 11.2 Å². The molecule has 0 amide bonds. The minimum absolute atomic E-state index is 0. The summed E-state index contributed by atoms with van der Waals surface area (Å²) in [5.41, 5.74) is 0.988. The quantitative estimate of drug-likeness (QED) is 0.447. The van der Waals surface area contributed by atoms with Crippen molar-refractivity contribution in [2.24, 2.45) is 0 Å². The van der Waals surface area contributed by atoms with Crippen LogP contribution < -0.4 is 24.0 Å². The third-order valence-corrected chi connectivity index (χ3v) is 3.16. The van der Waals surface area contributed by atoms with Crippen molar-refractivity contribution in [2.75, 3.05) is 0 Å². The number of para-hydroxylation sites is 1. The zero-order valence-corrected chi connectivity index (χ0v) is 11.4. The molecule has 3 aromatic rings. The standard InChI is InChI=1S/C16H11NO3.Li/c18-15(11-6-2-1-3-7-11)14-10-12-8-4-5-9-13(12)17(14)16(19)20;/h1-10H,(H,19,20);/q;+1/p-1. The minimum Gasteiger partial charge on any atom is -0.529 e. The first-order chi connectivity index (χ1) is 9.68. The van der Waals surface area contributed by atoms with Gasteiger partial charge in [0.25, 0.3) is 0 Å². The summed E-state index contributed by atoms with van der Waals surface area (Å²) in [5, 5.41) is 12.0. The van der Waals surface area contributed by atoms with Crippen molar-refractivity contribution in [1.82, 2.24) is 4.57 Å². The van der Waals surface area contributed by atoms with Gasteiger partial charge in [-0.05, 0) is 12.1 Å². The fourth-order valence-corrected chi connectivity index (χ4v) is 2.26. The van der Waals surface area contributed by atoms with E-state index in [1.54, 1.807) is 60.7 Å². The normalized spacial score (nSPS) is 10.1. The molecule has 1 heterocycles. The fraction of sp³-hybridized carbons (Fsp3) is 0. The second kappa shape index (κ2) is 6.00. The predicted octanol–water partition coefficient (Wildman–Crippen LogP) is -0.932. The van der Waals surface area contributed by atoms with E-state index in [1.165, 1.54) is 0 Å². The summed E-state index contributed by atoms with van der Waals surface area (Å²) < 4.78 is 0.921. The number of nitrogens with zero attached hydrogens (tertiary/aromatic N) is 1. The third-order valence-electron chi connectivity index (χ3n) is 3.16. The molecular weight excluding hydrogens is 261 g/mol. The molecule has 0 aliphatic rings. The summed E-state index contributed by atoms with van der Waals surface area (Å²) in [6.07, 6.45) is -1.41. The van der Waals surface area contributed by atoms with Gasteiger partial charge < -0.3 is 9.90 Å². The summed E-state index contributed by atoms with van der Waals surface area (Å²) in [4.78, 5) is 23.8. The number of fused-ring (bicyclic) bond motifs is 1. The van der Waals surface area contributed by atoms with Gasteiger partial charge in [0.2, 0.25) is 5.78 Å². The van der Waals surface area contributed by atoms with Gasteiger partial charge in [-0.15, -0.1) is 0 Å². The maximum absolute atomic E-state index is 12.4. The maximum Gasteiger partial charge on any atom is 1.00 e. The van der Waals surface area contributed by atoms with Crippen molar-refractivity contribution in [2.45, 2.75) is 0 Å². The number of carbonyl (C=O) groups is 2. The number of hydrogen-bond donors (Lipinski definition) is 0. The zero-order valence-electron chi connectivity index (χ0n) is 11.4. The van der Waals surface area contributed by atoms with Gasteiger partial charge in [-0.3, -0.25) is 9.36 Å². The second-order valence-electron chi connectivity index (χ2n) is 4.38. The van der Waals surface area contributed by atoms with Crippen molar-refractivity contribution in [3.8, 4) is 0 Å². The van der Waals surface area contributed by atoms with Gasteiger partial charge in [0, 0.05) is 10.9 Å². The van der Waals surface area contributed by atoms with E-state index in [0.717, 1.165) is 4.57 Å². The molecule has 2 aromatic carbocycles. The number of benzene rings is 2. The van der Waals surface area contributed by atoms with Crippen LogP contribution in [0.25, 0.3) is 10.9 Å². The van der Waals surface area contributed by atoms with Gasteiger partial charge in [-0.1, -0.05) is 48.5 Å². The van der Waals surface area contributed by atoms with Gasteiger partial charge >= 0.3 is 18.9 Å². The van der Waals surface area contributed by atoms with E-state index in [-0.39, 0.29) is 30.3 Å². The minimum atomic E-state index is -1.41. The van der Waals surface area contributed by atoms with Gasteiger partial charge in [-0.25, -0.2) is 0 Å². The number of hydrogen-bond acceptors (Lipinski definition) is 3. The molecule has 4 nitrogen and oxygen atoms in total. The van der Waals surface area contributed by atoms with Gasteiger partial charge in [0.15, 0.2) is 0 Å². The van der Waals surface area contributed by atoms with E-state index in [1.807, 2.05) is 0 Å². The predicted molar refractivity (Wildman–Crippen MR) is 72.6 cm³/mol. The molecule has 21 heavy (non-hydrogen) atoms. The van der Waals surface area contributed by atoms with Crippen molar-refractivity contribution < 1.29 is 33.6 Å². The van der Waals surface area contributed by atoms with Crippen LogP contribution in [-0.2, 0) is 0 Å². The number of carboxylic acid groups (broad SMARTS) is 1. The second-order valence-corrected chi connectivity index (χ2v) is 4.38. The summed E-state index contributed by atoms with van der Waals surface area (Å²) in [5.74, 6) is -0.342. The Labute approximate surface area is 133 Å². The Bertz CT molecular complexity index is 809. The third kappa shape index (κ3) is 2.64. The molecule has 0 unspecified atom stereocenters. The van der Waals surface area contributed by atoms with Crippen LogP contribution >= 0.6 is 0 Å². The molecule has 0 saturated heterocycles. The smallest absolute Gasteiger partial charge is 0.529 e. The Hall–Kier alpha value is -2.28. The largest absolute Gasteiger partial charge is 1.00 e. The van der Waals surface area contributed by atoms with E-state index in [9.17, 15) is 14.7 Å². The molecule has 5 heteroatoms. The topological polar surface area (TPSA) is 62.1 Å².